The van der Waals surface area contributed by atoms with Crippen LogP contribution in [-0.2, 0) is 4.74 Å². The summed E-state index contributed by atoms with van der Waals surface area (Å²) in [7, 11) is 1.78. The quantitative estimate of drug-likeness (QED) is 0.205. The first-order valence-corrected chi connectivity index (χ1v) is 9.01. The number of hydrogen-bond donors (Lipinski definition) is 3. The summed E-state index contributed by atoms with van der Waals surface area (Å²) in [4.78, 5) is 15.9. The predicted molar refractivity (Wildman–Crippen MR) is 110 cm³/mol. The number of halogens is 1. The molecule has 1 saturated carbocycles. The lowest BCUT2D eigenvalue weighted by atomic mass is 10.1. The second kappa shape index (κ2) is 13.5. The molecule has 1 fully saturated rings. The third-order valence-corrected chi connectivity index (χ3v) is 4.11. The van der Waals surface area contributed by atoms with Crippen LogP contribution in [0.4, 0.5) is 4.79 Å². The number of carbonyl (C=O) groups excluding carboxylic acids is 1. The lowest BCUT2D eigenvalue weighted by Crippen LogP contribution is -2.49. The van der Waals surface area contributed by atoms with E-state index in [9.17, 15) is 4.79 Å². The van der Waals surface area contributed by atoms with Gasteiger partial charge in [-0.1, -0.05) is 26.2 Å². The highest BCUT2D eigenvalue weighted by Gasteiger charge is 2.32. The van der Waals surface area contributed by atoms with Crippen LogP contribution in [0, 0.1) is 5.92 Å². The van der Waals surface area contributed by atoms with E-state index in [1.807, 2.05) is 6.92 Å². The Morgan fingerprint density at radius 3 is 2.50 bits per heavy atom. The summed E-state index contributed by atoms with van der Waals surface area (Å²) >= 11 is 0. The van der Waals surface area contributed by atoms with Crippen molar-refractivity contribution >= 4 is 36.0 Å². The van der Waals surface area contributed by atoms with Crippen LogP contribution in [0.3, 0.4) is 0 Å². The first kappa shape index (κ1) is 23.3. The molecule has 3 N–H and O–H groups in total. The van der Waals surface area contributed by atoms with Gasteiger partial charge in [0.25, 0.3) is 0 Å². The number of alkyl carbamates (subject to hydrolysis) is 1. The highest BCUT2D eigenvalue weighted by Crippen LogP contribution is 2.32. The van der Waals surface area contributed by atoms with Gasteiger partial charge in [0.2, 0.25) is 0 Å². The molecule has 1 rings (SSSR count). The van der Waals surface area contributed by atoms with Gasteiger partial charge in [-0.3, -0.25) is 4.99 Å². The molecular weight excluding hydrogens is 419 g/mol. The molecule has 1 amide bonds. The monoisotopic (exact) mass is 454 g/mol. The largest absolute Gasteiger partial charge is 0.450 e. The minimum Gasteiger partial charge on any atom is -0.450 e. The van der Waals surface area contributed by atoms with Crippen LogP contribution >= 0.6 is 24.0 Å². The van der Waals surface area contributed by atoms with E-state index < -0.39 is 0 Å². The molecule has 0 heterocycles. The van der Waals surface area contributed by atoms with Crippen molar-refractivity contribution in [3.63, 3.8) is 0 Å². The van der Waals surface area contributed by atoms with Crippen molar-refractivity contribution in [3.8, 4) is 0 Å². The van der Waals surface area contributed by atoms with Gasteiger partial charge in [0.05, 0.1) is 12.6 Å². The van der Waals surface area contributed by atoms with E-state index in [0.717, 1.165) is 25.2 Å². The first-order chi connectivity index (χ1) is 11.1. The van der Waals surface area contributed by atoms with Crippen LogP contribution in [0.2, 0.25) is 0 Å². The topological polar surface area (TPSA) is 74.8 Å². The summed E-state index contributed by atoms with van der Waals surface area (Å²) in [5, 5.41) is 9.69. The average Bonchev–Trinajstić information content (AvgIpc) is 3.35. The Labute approximate surface area is 164 Å². The van der Waals surface area contributed by atoms with E-state index in [0.29, 0.717) is 25.1 Å². The average molecular weight is 454 g/mol. The Morgan fingerprint density at radius 2 is 1.96 bits per heavy atom. The maximum absolute atomic E-state index is 11.6. The lowest BCUT2D eigenvalue weighted by molar-refractivity contribution is 0.146. The number of guanidine groups is 1. The lowest BCUT2D eigenvalue weighted by Gasteiger charge is -2.22. The predicted octanol–water partition coefficient (Wildman–Crippen LogP) is 3.26. The van der Waals surface area contributed by atoms with Gasteiger partial charge in [-0.25, -0.2) is 4.79 Å². The second-order valence-electron chi connectivity index (χ2n) is 6.30. The van der Waals surface area contributed by atoms with Gasteiger partial charge in [0.1, 0.15) is 0 Å². The number of nitrogens with one attached hydrogen (secondary N) is 3. The Morgan fingerprint density at radius 1 is 1.25 bits per heavy atom. The molecule has 0 radical (unpaired) electrons. The van der Waals surface area contributed by atoms with Crippen LogP contribution in [0.1, 0.15) is 59.3 Å². The summed E-state index contributed by atoms with van der Waals surface area (Å²) in [6, 6.07) is 0.494. The summed E-state index contributed by atoms with van der Waals surface area (Å²) in [5.74, 6) is 1.34. The fraction of sp³-hybridized carbons (Fsp3) is 0.882. The molecule has 0 aromatic carbocycles. The Kier molecular flexibility index (Phi) is 13.1. The molecule has 0 aromatic rings. The summed E-state index contributed by atoms with van der Waals surface area (Å²) in [6.07, 6.45) is 6.88. The van der Waals surface area contributed by atoms with E-state index in [1.54, 1.807) is 7.05 Å². The van der Waals surface area contributed by atoms with Gasteiger partial charge in [-0.2, -0.15) is 0 Å². The molecule has 24 heavy (non-hydrogen) atoms. The van der Waals surface area contributed by atoms with Crippen molar-refractivity contribution in [2.75, 3.05) is 20.2 Å². The number of amides is 1. The Hall–Kier alpha value is -0.730. The van der Waals surface area contributed by atoms with Crippen molar-refractivity contribution in [2.24, 2.45) is 10.9 Å². The maximum Gasteiger partial charge on any atom is 0.407 e. The summed E-state index contributed by atoms with van der Waals surface area (Å²) in [6.45, 7) is 7.28. The van der Waals surface area contributed by atoms with Gasteiger partial charge in [0.15, 0.2) is 5.96 Å². The zero-order chi connectivity index (χ0) is 17.1. The standard InChI is InChI=1S/C17H34N4O2.HI/c1-5-7-8-9-13(3)20-16(18-4)19-12-15(14-10-11-14)21-17(22)23-6-2;/h13-15H,5-12H2,1-4H3,(H,21,22)(H2,18,19,20);1H. The highest BCUT2D eigenvalue weighted by atomic mass is 127. The van der Waals surface area contributed by atoms with E-state index in [1.165, 1.54) is 19.3 Å². The molecule has 0 aromatic heterocycles. The smallest absolute Gasteiger partial charge is 0.407 e. The van der Waals surface area contributed by atoms with Crippen LogP contribution in [0.5, 0.6) is 0 Å². The number of aliphatic imine (C=N–C) groups is 1. The van der Waals surface area contributed by atoms with Gasteiger partial charge >= 0.3 is 6.09 Å². The fourth-order valence-electron chi connectivity index (χ4n) is 2.57. The van der Waals surface area contributed by atoms with Gasteiger partial charge in [-0.05, 0) is 39.0 Å². The molecular formula is C17H35IN4O2. The van der Waals surface area contributed by atoms with Gasteiger partial charge in [-0.15, -0.1) is 24.0 Å². The summed E-state index contributed by atoms with van der Waals surface area (Å²) in [5.41, 5.74) is 0. The van der Waals surface area contributed by atoms with Crippen LogP contribution < -0.4 is 16.0 Å². The molecule has 1 aliphatic rings. The number of ether oxygens (including phenoxy) is 1. The van der Waals surface area contributed by atoms with Crippen molar-refractivity contribution < 1.29 is 9.53 Å². The van der Waals surface area contributed by atoms with E-state index >= 15 is 0 Å². The SMILES string of the molecule is CCCCCC(C)NC(=NC)NCC(NC(=O)OCC)C1CC1.I. The molecule has 1 aliphatic carbocycles. The van der Waals surface area contributed by atoms with E-state index in [2.05, 4.69) is 34.8 Å². The summed E-state index contributed by atoms with van der Waals surface area (Å²) < 4.78 is 4.98. The number of carbonyl (C=O) groups is 1. The van der Waals surface area contributed by atoms with E-state index in [4.69, 9.17) is 4.74 Å². The van der Waals surface area contributed by atoms with Crippen molar-refractivity contribution in [1.29, 1.82) is 0 Å². The molecule has 6 nitrogen and oxygen atoms in total. The van der Waals surface area contributed by atoms with Crippen LogP contribution in [0.25, 0.3) is 0 Å². The molecule has 2 atom stereocenters. The zero-order valence-electron chi connectivity index (χ0n) is 15.6. The molecule has 0 saturated heterocycles. The van der Waals surface area contributed by atoms with Crippen molar-refractivity contribution in [1.82, 2.24) is 16.0 Å². The van der Waals surface area contributed by atoms with Gasteiger partial charge in [0, 0.05) is 19.6 Å². The number of hydrogen-bond acceptors (Lipinski definition) is 3. The molecule has 2 unspecified atom stereocenters. The minimum atomic E-state index is -0.331. The van der Waals surface area contributed by atoms with E-state index in [-0.39, 0.29) is 36.1 Å². The second-order valence-corrected chi connectivity index (χ2v) is 6.30. The molecule has 142 valence electrons. The third-order valence-electron chi connectivity index (χ3n) is 4.11. The number of nitrogens with zero attached hydrogens (tertiary/aromatic N) is 1. The normalized spacial score (nSPS) is 16.6. The van der Waals surface area contributed by atoms with Crippen molar-refractivity contribution in [2.45, 2.75) is 71.4 Å². The number of unbranched alkanes of at least 4 members (excludes halogenated alkanes) is 2. The van der Waals surface area contributed by atoms with Gasteiger partial charge < -0.3 is 20.7 Å². The van der Waals surface area contributed by atoms with Crippen LogP contribution in [0.15, 0.2) is 4.99 Å². The number of rotatable bonds is 10. The molecule has 0 bridgehead atoms. The molecule has 0 aliphatic heterocycles. The maximum atomic E-state index is 11.6. The first-order valence-electron chi connectivity index (χ1n) is 9.01. The Bertz CT molecular complexity index is 376. The molecule has 0 spiro atoms. The zero-order valence-corrected chi connectivity index (χ0v) is 17.9. The van der Waals surface area contributed by atoms with Crippen molar-refractivity contribution in [3.05, 3.63) is 0 Å². The fourth-order valence-corrected chi connectivity index (χ4v) is 2.57. The van der Waals surface area contributed by atoms with Crippen LogP contribution in [-0.4, -0.2) is 44.3 Å². The highest BCUT2D eigenvalue weighted by molar-refractivity contribution is 14.0. The minimum absolute atomic E-state index is 0. The Balaban J connectivity index is 0.00000529. The molecule has 7 heteroatoms. The third kappa shape index (κ3) is 10.2.